The summed E-state index contributed by atoms with van der Waals surface area (Å²) < 4.78 is 5.35. The van der Waals surface area contributed by atoms with E-state index in [-0.39, 0.29) is 0 Å². The molecule has 1 saturated heterocycles. The molecule has 5 heteroatoms. The van der Waals surface area contributed by atoms with Crippen LogP contribution in [0.15, 0.2) is 27.8 Å². The standard InChI is InChI=1S/C19H31N3O2/c1-3-20-17(21-14-18(2,23)16-8-7-13-24-16)22-12-11-19(15-22)9-5-4-6-10-19/h7-8,13,23H,3-6,9-12,14-15H2,1-2H3,(H,20,21). The summed E-state index contributed by atoms with van der Waals surface area (Å²) in [5, 5.41) is 14.0. The number of hydrogen-bond donors (Lipinski definition) is 2. The van der Waals surface area contributed by atoms with Crippen molar-refractivity contribution in [3.63, 3.8) is 0 Å². The van der Waals surface area contributed by atoms with E-state index in [0.29, 0.717) is 17.7 Å². The molecule has 134 valence electrons. The number of furan rings is 1. The van der Waals surface area contributed by atoms with E-state index in [1.807, 2.05) is 0 Å². The van der Waals surface area contributed by atoms with Crippen LogP contribution >= 0.6 is 0 Å². The molecule has 3 rings (SSSR count). The molecule has 0 aromatic carbocycles. The van der Waals surface area contributed by atoms with Crippen molar-refractivity contribution < 1.29 is 9.52 Å². The van der Waals surface area contributed by atoms with Gasteiger partial charge < -0.3 is 19.7 Å². The van der Waals surface area contributed by atoms with E-state index in [0.717, 1.165) is 25.6 Å². The summed E-state index contributed by atoms with van der Waals surface area (Å²) in [5.74, 6) is 1.49. The van der Waals surface area contributed by atoms with Gasteiger partial charge in [-0.1, -0.05) is 19.3 Å². The van der Waals surface area contributed by atoms with Crippen LogP contribution in [-0.2, 0) is 5.60 Å². The van der Waals surface area contributed by atoms with Crippen molar-refractivity contribution in [2.24, 2.45) is 10.4 Å². The van der Waals surface area contributed by atoms with E-state index in [1.54, 1.807) is 25.3 Å². The molecule has 2 N–H and O–H groups in total. The van der Waals surface area contributed by atoms with E-state index < -0.39 is 5.60 Å². The summed E-state index contributed by atoms with van der Waals surface area (Å²) in [4.78, 5) is 7.10. The third-order valence-electron chi connectivity index (χ3n) is 5.58. The van der Waals surface area contributed by atoms with E-state index in [2.05, 4.69) is 17.1 Å². The topological polar surface area (TPSA) is 61.0 Å². The van der Waals surface area contributed by atoms with Gasteiger partial charge in [-0.15, -0.1) is 0 Å². The predicted octanol–water partition coefficient (Wildman–Crippen LogP) is 3.11. The molecule has 1 aliphatic carbocycles. The summed E-state index contributed by atoms with van der Waals surface area (Å²) in [6.07, 6.45) is 9.70. The first-order valence-electron chi connectivity index (χ1n) is 9.34. The molecule has 1 atom stereocenters. The molecular formula is C19H31N3O2. The Labute approximate surface area is 145 Å². The van der Waals surface area contributed by atoms with Crippen molar-refractivity contribution in [2.75, 3.05) is 26.2 Å². The molecule has 1 unspecified atom stereocenters. The van der Waals surface area contributed by atoms with Crippen LogP contribution in [0, 0.1) is 5.41 Å². The van der Waals surface area contributed by atoms with Crippen molar-refractivity contribution in [1.29, 1.82) is 0 Å². The van der Waals surface area contributed by atoms with Crippen molar-refractivity contribution in [3.8, 4) is 0 Å². The zero-order chi connectivity index (χ0) is 17.0. The third-order valence-corrected chi connectivity index (χ3v) is 5.58. The van der Waals surface area contributed by atoms with Gasteiger partial charge in [-0.05, 0) is 50.7 Å². The second-order valence-electron chi connectivity index (χ2n) is 7.65. The number of guanidine groups is 1. The molecule has 2 heterocycles. The van der Waals surface area contributed by atoms with Crippen LogP contribution < -0.4 is 5.32 Å². The predicted molar refractivity (Wildman–Crippen MR) is 96.0 cm³/mol. The molecule has 1 aromatic rings. The van der Waals surface area contributed by atoms with Gasteiger partial charge in [0.1, 0.15) is 11.4 Å². The highest BCUT2D eigenvalue weighted by Crippen LogP contribution is 2.43. The molecule has 1 aromatic heterocycles. The lowest BCUT2D eigenvalue weighted by Crippen LogP contribution is -2.42. The zero-order valence-electron chi connectivity index (χ0n) is 15.1. The fourth-order valence-electron chi connectivity index (χ4n) is 4.14. The number of aliphatic imine (C=N–C) groups is 1. The summed E-state index contributed by atoms with van der Waals surface area (Å²) in [6, 6.07) is 3.60. The third kappa shape index (κ3) is 3.77. The Morgan fingerprint density at radius 2 is 2.17 bits per heavy atom. The molecule has 0 amide bonds. The highest BCUT2D eigenvalue weighted by atomic mass is 16.4. The van der Waals surface area contributed by atoms with Crippen molar-refractivity contribution in [1.82, 2.24) is 10.2 Å². The Balaban J connectivity index is 1.68. The summed E-state index contributed by atoms with van der Waals surface area (Å²) in [7, 11) is 0. The fourth-order valence-corrected chi connectivity index (χ4v) is 4.14. The Morgan fingerprint density at radius 1 is 1.38 bits per heavy atom. The smallest absolute Gasteiger partial charge is 0.194 e. The van der Waals surface area contributed by atoms with Gasteiger partial charge in [-0.25, -0.2) is 4.99 Å². The average molecular weight is 333 g/mol. The minimum Gasteiger partial charge on any atom is -0.466 e. The minimum absolute atomic E-state index is 0.298. The minimum atomic E-state index is -1.08. The van der Waals surface area contributed by atoms with Crippen molar-refractivity contribution in [3.05, 3.63) is 24.2 Å². The maximum Gasteiger partial charge on any atom is 0.194 e. The molecule has 5 nitrogen and oxygen atoms in total. The first-order chi connectivity index (χ1) is 11.5. The molecule has 24 heavy (non-hydrogen) atoms. The zero-order valence-corrected chi connectivity index (χ0v) is 15.1. The first kappa shape index (κ1) is 17.3. The van der Waals surface area contributed by atoms with Crippen LogP contribution in [-0.4, -0.2) is 42.1 Å². The van der Waals surface area contributed by atoms with Gasteiger partial charge in [0.25, 0.3) is 0 Å². The lowest BCUT2D eigenvalue weighted by molar-refractivity contribution is 0.0434. The van der Waals surface area contributed by atoms with Crippen molar-refractivity contribution in [2.45, 2.75) is 58.0 Å². The van der Waals surface area contributed by atoms with E-state index >= 15 is 0 Å². The average Bonchev–Trinajstić information content (AvgIpc) is 3.23. The second-order valence-corrected chi connectivity index (χ2v) is 7.65. The number of nitrogens with zero attached hydrogens (tertiary/aromatic N) is 2. The number of hydrogen-bond acceptors (Lipinski definition) is 3. The normalized spacial score (nSPS) is 23.5. The number of likely N-dealkylation sites (tertiary alicyclic amines) is 1. The van der Waals surface area contributed by atoms with E-state index in [1.165, 1.54) is 38.5 Å². The quantitative estimate of drug-likeness (QED) is 0.656. The SMILES string of the molecule is CCNC(=NCC(C)(O)c1ccco1)N1CCC2(CCCCC2)C1. The van der Waals surface area contributed by atoms with Gasteiger partial charge in [0.2, 0.25) is 0 Å². The van der Waals surface area contributed by atoms with Gasteiger partial charge in [0.15, 0.2) is 5.96 Å². The summed E-state index contributed by atoms with van der Waals surface area (Å²) in [6.45, 7) is 7.15. The summed E-state index contributed by atoms with van der Waals surface area (Å²) in [5.41, 5.74) is -0.579. The van der Waals surface area contributed by atoms with Crippen LogP contribution in [0.5, 0.6) is 0 Å². The lowest BCUT2D eigenvalue weighted by atomic mass is 9.73. The van der Waals surface area contributed by atoms with Crippen LogP contribution in [0.1, 0.15) is 58.1 Å². The molecule has 1 spiro atoms. The largest absolute Gasteiger partial charge is 0.466 e. The Hall–Kier alpha value is -1.49. The molecule has 0 radical (unpaired) electrons. The van der Waals surface area contributed by atoms with Crippen LogP contribution in [0.2, 0.25) is 0 Å². The van der Waals surface area contributed by atoms with Gasteiger partial charge in [-0.3, -0.25) is 0 Å². The Kier molecular flexibility index (Phi) is 5.18. The van der Waals surface area contributed by atoms with Gasteiger partial charge in [-0.2, -0.15) is 0 Å². The van der Waals surface area contributed by atoms with E-state index in [9.17, 15) is 5.11 Å². The maximum atomic E-state index is 10.6. The molecule has 2 fully saturated rings. The maximum absolute atomic E-state index is 10.6. The molecule has 1 saturated carbocycles. The molecule has 0 bridgehead atoms. The number of rotatable bonds is 4. The Morgan fingerprint density at radius 3 is 2.83 bits per heavy atom. The Bertz CT molecular complexity index is 545. The van der Waals surface area contributed by atoms with Crippen LogP contribution in [0.25, 0.3) is 0 Å². The fraction of sp³-hybridized carbons (Fsp3) is 0.737. The highest BCUT2D eigenvalue weighted by molar-refractivity contribution is 5.80. The monoisotopic (exact) mass is 333 g/mol. The van der Waals surface area contributed by atoms with Gasteiger partial charge in [0.05, 0.1) is 12.8 Å². The number of nitrogens with one attached hydrogen (secondary N) is 1. The summed E-state index contributed by atoms with van der Waals surface area (Å²) >= 11 is 0. The lowest BCUT2D eigenvalue weighted by Gasteiger charge is -2.33. The molecular weight excluding hydrogens is 302 g/mol. The van der Waals surface area contributed by atoms with Crippen LogP contribution in [0.4, 0.5) is 0 Å². The van der Waals surface area contributed by atoms with Gasteiger partial charge >= 0.3 is 0 Å². The van der Waals surface area contributed by atoms with Crippen LogP contribution in [0.3, 0.4) is 0 Å². The molecule has 2 aliphatic rings. The van der Waals surface area contributed by atoms with Crippen molar-refractivity contribution >= 4 is 5.96 Å². The van der Waals surface area contributed by atoms with E-state index in [4.69, 9.17) is 9.41 Å². The molecule has 1 aliphatic heterocycles. The highest BCUT2D eigenvalue weighted by Gasteiger charge is 2.40. The second kappa shape index (κ2) is 7.18. The first-order valence-corrected chi connectivity index (χ1v) is 9.34. The van der Waals surface area contributed by atoms with Gasteiger partial charge in [0, 0.05) is 19.6 Å². The number of aliphatic hydroxyl groups is 1.